The largest absolute Gasteiger partial charge is 0.338 e. The fourth-order valence-corrected chi connectivity index (χ4v) is 6.31. The number of carbonyl (C=O) groups excluding carboxylic acids is 2. The molecule has 1 aliphatic heterocycles. The molecule has 1 atom stereocenters. The van der Waals surface area contributed by atoms with Crippen LogP contribution in [0.15, 0.2) is 0 Å². The number of rotatable bonds is 5. The molecule has 152 valence electrons. The van der Waals surface area contributed by atoms with Gasteiger partial charge in [-0.05, 0) is 69.1 Å². The van der Waals surface area contributed by atoms with Crippen LogP contribution >= 0.6 is 0 Å². The van der Waals surface area contributed by atoms with Crippen molar-refractivity contribution in [2.24, 2.45) is 11.3 Å². The van der Waals surface area contributed by atoms with Crippen LogP contribution in [-0.2, 0) is 0 Å². The van der Waals surface area contributed by atoms with Gasteiger partial charge < -0.3 is 20.4 Å². The molecule has 0 unspecified atom stereocenters. The molecule has 1 saturated heterocycles. The Morgan fingerprint density at radius 3 is 2.41 bits per heavy atom. The number of carbonyl (C=O) groups is 2. The highest BCUT2D eigenvalue weighted by atomic mass is 16.2. The fraction of sp³-hybridized carbons (Fsp3) is 0.905. The summed E-state index contributed by atoms with van der Waals surface area (Å²) in [5.41, 5.74) is 0.467. The van der Waals surface area contributed by atoms with E-state index < -0.39 is 0 Å². The summed E-state index contributed by atoms with van der Waals surface area (Å²) in [6.45, 7) is 2.89. The van der Waals surface area contributed by atoms with E-state index in [1.807, 2.05) is 19.0 Å². The summed E-state index contributed by atoms with van der Waals surface area (Å²) in [6, 6.07) is 0.923. The lowest BCUT2D eigenvalue weighted by molar-refractivity contribution is -0.0863. The molecular formula is C21H36N4O2. The number of amides is 4. The second-order valence-electron chi connectivity index (χ2n) is 9.72. The maximum absolute atomic E-state index is 12.6. The van der Waals surface area contributed by atoms with Crippen molar-refractivity contribution in [2.75, 3.05) is 20.6 Å². The first-order chi connectivity index (χ1) is 12.9. The number of hydrogen-bond donors (Lipinski definition) is 2. The molecule has 3 aliphatic carbocycles. The van der Waals surface area contributed by atoms with Gasteiger partial charge in [-0.2, -0.15) is 0 Å². The zero-order valence-electron chi connectivity index (χ0n) is 17.2. The molecule has 0 radical (unpaired) electrons. The first-order valence-corrected chi connectivity index (χ1v) is 11.0. The number of likely N-dealkylation sites (N-methyl/N-ethyl adjacent to an activating group) is 2. The Hall–Kier alpha value is -1.46. The van der Waals surface area contributed by atoms with Gasteiger partial charge in [-0.3, -0.25) is 0 Å². The molecule has 4 aliphatic rings. The van der Waals surface area contributed by atoms with Gasteiger partial charge in [0.15, 0.2) is 0 Å². The van der Waals surface area contributed by atoms with Gasteiger partial charge in [-0.25, -0.2) is 9.59 Å². The maximum atomic E-state index is 12.6. The molecule has 4 fully saturated rings. The summed E-state index contributed by atoms with van der Waals surface area (Å²) in [5.74, 6) is 0.714. The van der Waals surface area contributed by atoms with E-state index in [-0.39, 0.29) is 17.6 Å². The zero-order valence-corrected chi connectivity index (χ0v) is 17.2. The Labute approximate surface area is 163 Å². The van der Waals surface area contributed by atoms with Crippen molar-refractivity contribution in [1.82, 2.24) is 20.4 Å². The summed E-state index contributed by atoms with van der Waals surface area (Å²) in [7, 11) is 4.02. The Bertz CT molecular complexity index is 587. The number of unbranched alkanes of at least 4 members (excludes halogenated alkanes) is 1. The molecule has 1 heterocycles. The number of nitrogens with one attached hydrogen (secondary N) is 2. The van der Waals surface area contributed by atoms with Crippen LogP contribution in [0.3, 0.4) is 0 Å². The predicted octanol–water partition coefficient (Wildman–Crippen LogP) is 3.32. The van der Waals surface area contributed by atoms with Crippen molar-refractivity contribution in [1.29, 1.82) is 0 Å². The molecule has 0 bridgehead atoms. The van der Waals surface area contributed by atoms with Gasteiger partial charge in [-0.15, -0.1) is 0 Å². The van der Waals surface area contributed by atoms with Gasteiger partial charge >= 0.3 is 12.1 Å². The van der Waals surface area contributed by atoms with Crippen LogP contribution in [0, 0.1) is 11.3 Å². The molecule has 4 rings (SSSR count). The van der Waals surface area contributed by atoms with Crippen molar-refractivity contribution < 1.29 is 9.59 Å². The predicted molar refractivity (Wildman–Crippen MR) is 106 cm³/mol. The van der Waals surface area contributed by atoms with Crippen molar-refractivity contribution in [3.63, 3.8) is 0 Å². The van der Waals surface area contributed by atoms with Gasteiger partial charge in [0.05, 0.1) is 11.6 Å². The van der Waals surface area contributed by atoms with Crippen molar-refractivity contribution in [3.8, 4) is 0 Å². The zero-order chi connectivity index (χ0) is 19.2. The third-order valence-corrected chi connectivity index (χ3v) is 7.85. The van der Waals surface area contributed by atoms with E-state index >= 15 is 0 Å². The first kappa shape index (κ1) is 18.9. The average molecular weight is 377 g/mol. The number of nitrogens with zero attached hydrogens (tertiary/aromatic N) is 2. The van der Waals surface area contributed by atoms with Crippen LogP contribution in [-0.4, -0.2) is 60.1 Å². The van der Waals surface area contributed by atoms with Crippen LogP contribution in [0.5, 0.6) is 0 Å². The lowest BCUT2D eigenvalue weighted by Crippen LogP contribution is -2.65. The second-order valence-corrected chi connectivity index (χ2v) is 9.72. The van der Waals surface area contributed by atoms with Crippen LogP contribution in [0.2, 0.25) is 0 Å². The molecule has 3 saturated carbocycles. The minimum Gasteiger partial charge on any atom is -0.338 e. The molecule has 0 aromatic heterocycles. The Balaban J connectivity index is 1.31. The lowest BCUT2D eigenvalue weighted by Gasteiger charge is -2.61. The Morgan fingerprint density at radius 2 is 1.81 bits per heavy atom. The molecule has 0 aromatic carbocycles. The monoisotopic (exact) mass is 376 g/mol. The molecule has 27 heavy (non-hydrogen) atoms. The smallest absolute Gasteiger partial charge is 0.320 e. The van der Waals surface area contributed by atoms with Crippen LogP contribution in [0.1, 0.15) is 71.1 Å². The fourth-order valence-electron chi connectivity index (χ4n) is 6.31. The van der Waals surface area contributed by atoms with Gasteiger partial charge in [0.2, 0.25) is 0 Å². The summed E-state index contributed by atoms with van der Waals surface area (Å²) < 4.78 is 0. The standard InChI is InChI=1S/C21H36N4O2/c1-4-5-12-22-18(26)23-16-8-10-20(11-9-16)13-21(14-20)17(15-6-7-15)24(2)19(27)25(21)3/h15-17H,4-14H2,1-3H3,(H2,22,23,26)/t16?,17-,20?,21?/m1/s1. The third kappa shape index (κ3) is 3.19. The number of hydrogen-bond acceptors (Lipinski definition) is 2. The summed E-state index contributed by atoms with van der Waals surface area (Å²) in [6.07, 6.45) is 11.5. The van der Waals surface area contributed by atoms with E-state index in [4.69, 9.17) is 0 Å². The molecule has 0 aromatic rings. The summed E-state index contributed by atoms with van der Waals surface area (Å²) >= 11 is 0. The highest BCUT2D eigenvalue weighted by Crippen LogP contribution is 2.64. The van der Waals surface area contributed by atoms with E-state index in [0.717, 1.165) is 45.1 Å². The Morgan fingerprint density at radius 1 is 1.15 bits per heavy atom. The molecule has 2 N–H and O–H groups in total. The molecule has 2 spiro atoms. The minimum atomic E-state index is -0.00831. The van der Waals surface area contributed by atoms with E-state index in [9.17, 15) is 9.59 Å². The van der Waals surface area contributed by atoms with Crippen molar-refractivity contribution >= 4 is 12.1 Å². The molecule has 4 amide bonds. The van der Waals surface area contributed by atoms with Crippen LogP contribution in [0.4, 0.5) is 9.59 Å². The Kier molecular flexibility index (Phi) is 4.79. The minimum absolute atomic E-state index is 0.00831. The summed E-state index contributed by atoms with van der Waals surface area (Å²) in [5, 5.41) is 6.12. The SMILES string of the molecule is CCCCNC(=O)NC1CCC2(CC1)CC1(C2)[C@@H](C2CC2)N(C)C(=O)N1C. The quantitative estimate of drug-likeness (QED) is 0.723. The summed E-state index contributed by atoms with van der Waals surface area (Å²) in [4.78, 5) is 28.7. The first-order valence-electron chi connectivity index (χ1n) is 11.0. The maximum Gasteiger partial charge on any atom is 0.320 e. The van der Waals surface area contributed by atoms with Crippen LogP contribution < -0.4 is 10.6 Å². The van der Waals surface area contributed by atoms with Crippen molar-refractivity contribution in [2.45, 2.75) is 88.8 Å². The van der Waals surface area contributed by atoms with E-state index in [1.165, 1.54) is 25.7 Å². The molecule has 6 heteroatoms. The van der Waals surface area contributed by atoms with Gasteiger partial charge in [0.1, 0.15) is 0 Å². The molecule has 6 nitrogen and oxygen atoms in total. The topological polar surface area (TPSA) is 64.7 Å². The van der Waals surface area contributed by atoms with Gasteiger partial charge in [0.25, 0.3) is 0 Å². The van der Waals surface area contributed by atoms with E-state index in [1.54, 1.807) is 0 Å². The second kappa shape index (κ2) is 6.85. The van der Waals surface area contributed by atoms with Crippen molar-refractivity contribution in [3.05, 3.63) is 0 Å². The number of urea groups is 2. The normalized spacial score (nSPS) is 38.4. The average Bonchev–Trinajstić information content (AvgIpc) is 3.42. The molecular weight excluding hydrogens is 340 g/mol. The van der Waals surface area contributed by atoms with Crippen LogP contribution in [0.25, 0.3) is 0 Å². The third-order valence-electron chi connectivity index (χ3n) is 7.85. The van der Waals surface area contributed by atoms with Gasteiger partial charge in [-0.1, -0.05) is 13.3 Å². The lowest BCUT2D eigenvalue weighted by atomic mass is 9.49. The highest BCUT2D eigenvalue weighted by molar-refractivity contribution is 5.79. The van der Waals surface area contributed by atoms with Gasteiger partial charge in [0, 0.05) is 26.7 Å². The highest BCUT2D eigenvalue weighted by Gasteiger charge is 2.68. The van der Waals surface area contributed by atoms with E-state index in [2.05, 4.69) is 22.5 Å². The van der Waals surface area contributed by atoms with E-state index in [0.29, 0.717) is 23.4 Å².